The van der Waals surface area contributed by atoms with Gasteiger partial charge in [0.05, 0.1) is 7.11 Å². The lowest BCUT2D eigenvalue weighted by molar-refractivity contribution is 0.0943. The van der Waals surface area contributed by atoms with Crippen LogP contribution in [0.4, 0.5) is 0 Å². The summed E-state index contributed by atoms with van der Waals surface area (Å²) in [6.07, 6.45) is 3.29. The average Bonchev–Trinajstić information content (AvgIpc) is 2.64. The second-order valence-corrected chi connectivity index (χ2v) is 6.60. The fraction of sp³-hybridized carbons (Fsp3) is 0.429. The molecule has 4 nitrogen and oxygen atoms in total. The van der Waals surface area contributed by atoms with E-state index in [4.69, 9.17) is 15.2 Å². The van der Waals surface area contributed by atoms with Crippen molar-refractivity contribution >= 4 is 24.8 Å². The van der Waals surface area contributed by atoms with E-state index in [-0.39, 0.29) is 30.9 Å². The Morgan fingerprint density at radius 3 is 2.30 bits per heavy atom. The molecular weight excluding hydrogens is 383 g/mol. The Morgan fingerprint density at radius 1 is 0.963 bits per heavy atom. The summed E-state index contributed by atoms with van der Waals surface area (Å²) in [5.41, 5.74) is 8.36. The normalized spacial score (nSPS) is 14.7. The van der Waals surface area contributed by atoms with Crippen LogP contribution >= 0.6 is 24.8 Å². The Balaban J connectivity index is 0.00000182. The van der Waals surface area contributed by atoms with E-state index in [0.717, 1.165) is 50.4 Å². The van der Waals surface area contributed by atoms with E-state index in [0.29, 0.717) is 6.54 Å². The van der Waals surface area contributed by atoms with Gasteiger partial charge in [0.15, 0.2) is 11.5 Å². The summed E-state index contributed by atoms with van der Waals surface area (Å²) in [5, 5.41) is 0. The molecule has 0 unspecified atom stereocenters. The second-order valence-electron chi connectivity index (χ2n) is 6.60. The van der Waals surface area contributed by atoms with E-state index in [1.54, 1.807) is 7.11 Å². The minimum absolute atomic E-state index is 0. The topological polar surface area (TPSA) is 47.7 Å². The van der Waals surface area contributed by atoms with Crippen molar-refractivity contribution in [3.05, 3.63) is 59.7 Å². The van der Waals surface area contributed by atoms with Gasteiger partial charge in [0, 0.05) is 19.6 Å². The molecule has 1 aliphatic rings. The fourth-order valence-corrected chi connectivity index (χ4v) is 3.39. The van der Waals surface area contributed by atoms with Crippen LogP contribution in [0.25, 0.3) is 0 Å². The molecule has 0 spiro atoms. The van der Waals surface area contributed by atoms with Gasteiger partial charge in [-0.25, -0.2) is 0 Å². The van der Waals surface area contributed by atoms with Crippen molar-refractivity contribution in [2.45, 2.75) is 31.9 Å². The molecule has 1 saturated heterocycles. The number of piperidine rings is 1. The van der Waals surface area contributed by atoms with Crippen LogP contribution in [-0.2, 0) is 13.0 Å². The average molecular weight is 413 g/mol. The minimum atomic E-state index is 0. The van der Waals surface area contributed by atoms with Gasteiger partial charge in [-0.2, -0.15) is 0 Å². The summed E-state index contributed by atoms with van der Waals surface area (Å²) < 4.78 is 11.5. The first-order valence-electron chi connectivity index (χ1n) is 9.08. The number of methoxy groups -OCH3 is 1. The van der Waals surface area contributed by atoms with Gasteiger partial charge in [0.25, 0.3) is 0 Å². The van der Waals surface area contributed by atoms with Gasteiger partial charge in [-0.1, -0.05) is 36.4 Å². The molecule has 0 bridgehead atoms. The zero-order valence-corrected chi connectivity index (χ0v) is 17.4. The highest BCUT2D eigenvalue weighted by molar-refractivity contribution is 5.85. The number of hydrogen-bond acceptors (Lipinski definition) is 4. The molecule has 0 aromatic heterocycles. The quantitative estimate of drug-likeness (QED) is 0.743. The lowest BCUT2D eigenvalue weighted by Crippen LogP contribution is -2.37. The third-order valence-corrected chi connectivity index (χ3v) is 4.73. The van der Waals surface area contributed by atoms with Gasteiger partial charge < -0.3 is 15.2 Å². The van der Waals surface area contributed by atoms with Crippen LogP contribution in [0.3, 0.4) is 0 Å². The number of benzene rings is 2. The summed E-state index contributed by atoms with van der Waals surface area (Å²) >= 11 is 0. The van der Waals surface area contributed by atoms with Gasteiger partial charge in [0.2, 0.25) is 0 Å². The van der Waals surface area contributed by atoms with Crippen LogP contribution in [0, 0.1) is 0 Å². The van der Waals surface area contributed by atoms with Crippen LogP contribution in [0.15, 0.2) is 48.5 Å². The number of ether oxygens (including phenoxy) is 2. The number of para-hydroxylation sites is 2. The molecule has 27 heavy (non-hydrogen) atoms. The van der Waals surface area contributed by atoms with E-state index >= 15 is 0 Å². The zero-order valence-electron chi connectivity index (χ0n) is 15.8. The summed E-state index contributed by atoms with van der Waals surface area (Å²) in [6, 6.07) is 16.7. The van der Waals surface area contributed by atoms with Gasteiger partial charge in [-0.05, 0) is 49.1 Å². The number of rotatable bonds is 7. The molecule has 1 fully saturated rings. The number of nitrogens with zero attached hydrogens (tertiary/aromatic N) is 1. The van der Waals surface area contributed by atoms with Crippen LogP contribution < -0.4 is 15.2 Å². The number of nitrogens with two attached hydrogens (primary N) is 1. The van der Waals surface area contributed by atoms with E-state index < -0.39 is 0 Å². The Labute approximate surface area is 174 Å². The molecular formula is C21H30Cl2N2O2. The van der Waals surface area contributed by atoms with Crippen LogP contribution in [0.2, 0.25) is 0 Å². The molecule has 1 heterocycles. The maximum atomic E-state index is 6.16. The molecule has 2 N–H and O–H groups in total. The monoisotopic (exact) mass is 412 g/mol. The molecule has 150 valence electrons. The smallest absolute Gasteiger partial charge is 0.161 e. The van der Waals surface area contributed by atoms with Crippen molar-refractivity contribution < 1.29 is 9.47 Å². The molecule has 0 radical (unpaired) electrons. The summed E-state index contributed by atoms with van der Waals surface area (Å²) in [4.78, 5) is 2.50. The first-order chi connectivity index (χ1) is 12.3. The molecule has 2 aromatic carbocycles. The van der Waals surface area contributed by atoms with Crippen molar-refractivity contribution in [1.29, 1.82) is 0 Å². The summed E-state index contributed by atoms with van der Waals surface area (Å²) in [5.74, 6) is 1.65. The Bertz CT molecular complexity index is 677. The largest absolute Gasteiger partial charge is 0.493 e. The van der Waals surface area contributed by atoms with Gasteiger partial charge in [-0.3, -0.25) is 4.90 Å². The van der Waals surface area contributed by atoms with Crippen LogP contribution in [0.5, 0.6) is 11.5 Å². The Kier molecular flexibility index (Phi) is 10.6. The molecule has 3 rings (SSSR count). The maximum Gasteiger partial charge on any atom is 0.161 e. The van der Waals surface area contributed by atoms with E-state index in [9.17, 15) is 0 Å². The van der Waals surface area contributed by atoms with Gasteiger partial charge >= 0.3 is 0 Å². The van der Waals surface area contributed by atoms with Crippen molar-refractivity contribution in [3.8, 4) is 11.5 Å². The number of hydrogen-bond donors (Lipinski definition) is 1. The highest BCUT2D eigenvalue weighted by Gasteiger charge is 2.21. The number of likely N-dealkylation sites (tertiary alicyclic amines) is 1. The first kappa shape index (κ1) is 23.6. The zero-order chi connectivity index (χ0) is 17.5. The molecule has 2 aromatic rings. The predicted octanol–water partition coefficient (Wildman–Crippen LogP) is 4.08. The summed E-state index contributed by atoms with van der Waals surface area (Å²) in [7, 11) is 1.68. The van der Waals surface area contributed by atoms with Gasteiger partial charge in [0.1, 0.15) is 6.10 Å². The van der Waals surface area contributed by atoms with Crippen molar-refractivity contribution in [2.75, 3.05) is 26.7 Å². The second kappa shape index (κ2) is 12.1. The molecule has 0 saturated carbocycles. The molecule has 1 aliphatic heterocycles. The minimum Gasteiger partial charge on any atom is -0.493 e. The van der Waals surface area contributed by atoms with Crippen molar-refractivity contribution in [2.24, 2.45) is 5.73 Å². The van der Waals surface area contributed by atoms with Crippen LogP contribution in [-0.4, -0.2) is 37.7 Å². The molecule has 6 heteroatoms. The third-order valence-electron chi connectivity index (χ3n) is 4.73. The number of halogens is 2. The molecule has 0 aliphatic carbocycles. The highest BCUT2D eigenvalue weighted by atomic mass is 35.5. The Morgan fingerprint density at radius 2 is 1.63 bits per heavy atom. The van der Waals surface area contributed by atoms with Crippen molar-refractivity contribution in [3.63, 3.8) is 0 Å². The van der Waals surface area contributed by atoms with Gasteiger partial charge in [-0.15, -0.1) is 24.8 Å². The lowest BCUT2D eigenvalue weighted by Gasteiger charge is -2.32. The maximum absolute atomic E-state index is 6.16. The van der Waals surface area contributed by atoms with E-state index in [2.05, 4.69) is 29.2 Å². The summed E-state index contributed by atoms with van der Waals surface area (Å²) in [6.45, 7) is 3.82. The van der Waals surface area contributed by atoms with E-state index in [1.807, 2.05) is 24.3 Å². The fourth-order valence-electron chi connectivity index (χ4n) is 3.39. The Hall–Kier alpha value is -1.46. The SMILES string of the molecule is COc1ccccc1OC1CCN(Cc2cccc(CCN)c2)CC1.Cl.Cl. The standard InChI is InChI=1S/C21H28N2O2.2ClH/c1-24-20-7-2-3-8-21(20)25-19-10-13-23(14-11-19)16-18-6-4-5-17(15-18)9-12-22;;/h2-8,15,19H,9-14,16,22H2,1H3;2*1H. The lowest BCUT2D eigenvalue weighted by atomic mass is 10.0. The highest BCUT2D eigenvalue weighted by Crippen LogP contribution is 2.29. The van der Waals surface area contributed by atoms with Crippen LogP contribution in [0.1, 0.15) is 24.0 Å². The van der Waals surface area contributed by atoms with E-state index in [1.165, 1.54) is 11.1 Å². The molecule has 0 amide bonds. The predicted molar refractivity (Wildman–Crippen MR) is 116 cm³/mol. The third kappa shape index (κ3) is 6.89. The van der Waals surface area contributed by atoms with Crippen molar-refractivity contribution in [1.82, 2.24) is 4.90 Å². The first-order valence-corrected chi connectivity index (χ1v) is 9.08. The molecule has 0 atom stereocenters.